The lowest BCUT2D eigenvalue weighted by molar-refractivity contribution is -0.131. The highest BCUT2D eigenvalue weighted by molar-refractivity contribution is 5.89. The fourth-order valence-electron chi connectivity index (χ4n) is 2.08. The van der Waals surface area contributed by atoms with Crippen molar-refractivity contribution in [2.24, 2.45) is 0 Å². The highest BCUT2D eigenvalue weighted by atomic mass is 16.6. The quantitative estimate of drug-likeness (QED) is 0.831. The highest BCUT2D eigenvalue weighted by Crippen LogP contribution is 2.25. The van der Waals surface area contributed by atoms with Gasteiger partial charge in [0, 0.05) is 13.0 Å². The van der Waals surface area contributed by atoms with Crippen molar-refractivity contribution < 1.29 is 19.4 Å². The van der Waals surface area contributed by atoms with Gasteiger partial charge in [-0.05, 0) is 25.5 Å². The van der Waals surface area contributed by atoms with Gasteiger partial charge in [0.25, 0.3) is 0 Å². The molecule has 1 aliphatic rings. The van der Waals surface area contributed by atoms with Gasteiger partial charge < -0.3 is 14.6 Å². The smallest absolute Gasteiger partial charge is 0.338 e. The lowest BCUT2D eigenvalue weighted by Crippen LogP contribution is -2.43. The Hall–Kier alpha value is -1.39. The third-order valence-electron chi connectivity index (χ3n) is 3.09. The van der Waals surface area contributed by atoms with E-state index in [1.165, 1.54) is 0 Å². The van der Waals surface area contributed by atoms with Gasteiger partial charge in [-0.15, -0.1) is 0 Å². The summed E-state index contributed by atoms with van der Waals surface area (Å²) >= 11 is 0. The van der Waals surface area contributed by atoms with Crippen molar-refractivity contribution in [2.75, 3.05) is 13.2 Å². The van der Waals surface area contributed by atoms with Gasteiger partial charge in [0.2, 0.25) is 0 Å². The fourth-order valence-corrected chi connectivity index (χ4v) is 2.08. The molecule has 1 unspecified atom stereocenters. The van der Waals surface area contributed by atoms with E-state index in [2.05, 4.69) is 0 Å². The van der Waals surface area contributed by atoms with Gasteiger partial charge >= 0.3 is 5.97 Å². The van der Waals surface area contributed by atoms with Crippen LogP contribution in [0.1, 0.15) is 30.1 Å². The molecule has 0 radical (unpaired) electrons. The molecule has 0 saturated carbocycles. The first-order valence-corrected chi connectivity index (χ1v) is 6.13. The Bertz CT molecular complexity index is 404. The van der Waals surface area contributed by atoms with Crippen LogP contribution < -0.4 is 0 Å². The van der Waals surface area contributed by atoms with Gasteiger partial charge in [0.05, 0.1) is 11.7 Å². The molecule has 1 N–H and O–H groups in total. The zero-order chi connectivity index (χ0) is 13.0. The molecular formula is C14H18O4. The molecule has 1 saturated heterocycles. The Labute approximate surface area is 107 Å². The summed E-state index contributed by atoms with van der Waals surface area (Å²) in [5.41, 5.74) is -0.0558. The van der Waals surface area contributed by atoms with Crippen LogP contribution in [-0.2, 0) is 9.47 Å². The first-order valence-electron chi connectivity index (χ1n) is 6.13. The lowest BCUT2D eigenvalue weighted by Gasteiger charge is -2.35. The van der Waals surface area contributed by atoms with E-state index in [9.17, 15) is 9.90 Å². The molecule has 0 bridgehead atoms. The van der Waals surface area contributed by atoms with Crippen molar-refractivity contribution in [3.05, 3.63) is 35.9 Å². The minimum atomic E-state index is -0.581. The normalized spacial score (nSPS) is 27.8. The summed E-state index contributed by atoms with van der Waals surface area (Å²) in [6.45, 7) is 2.52. The van der Waals surface area contributed by atoms with Crippen molar-refractivity contribution >= 4 is 5.97 Å². The summed E-state index contributed by atoms with van der Waals surface area (Å²) in [5, 5.41) is 9.61. The molecule has 2 atom stereocenters. The Balaban J connectivity index is 1.89. The van der Waals surface area contributed by atoms with Crippen LogP contribution in [0, 0.1) is 0 Å². The molecule has 2 rings (SSSR count). The molecule has 98 valence electrons. The van der Waals surface area contributed by atoms with Crippen molar-refractivity contribution in [3.63, 3.8) is 0 Å². The average Bonchev–Trinajstić information content (AvgIpc) is 2.37. The second-order valence-corrected chi connectivity index (χ2v) is 4.89. The van der Waals surface area contributed by atoms with Crippen LogP contribution in [0.2, 0.25) is 0 Å². The predicted molar refractivity (Wildman–Crippen MR) is 66.3 cm³/mol. The van der Waals surface area contributed by atoms with Crippen LogP contribution in [-0.4, -0.2) is 36.0 Å². The zero-order valence-corrected chi connectivity index (χ0v) is 10.5. The number of carbonyl (C=O) groups excluding carboxylic acids is 1. The summed E-state index contributed by atoms with van der Waals surface area (Å²) in [7, 11) is 0. The van der Waals surface area contributed by atoms with E-state index in [1.807, 2.05) is 13.0 Å². The number of aliphatic hydroxyl groups is 1. The molecule has 1 aromatic carbocycles. The number of esters is 1. The molecule has 18 heavy (non-hydrogen) atoms. The fraction of sp³-hybridized carbons (Fsp3) is 0.500. The maximum absolute atomic E-state index is 11.8. The van der Waals surface area contributed by atoms with Gasteiger partial charge in [-0.2, -0.15) is 0 Å². The first-order chi connectivity index (χ1) is 8.59. The molecule has 1 aromatic rings. The second kappa shape index (κ2) is 5.50. The van der Waals surface area contributed by atoms with Crippen LogP contribution in [0.5, 0.6) is 0 Å². The maximum Gasteiger partial charge on any atom is 0.338 e. The molecule has 0 spiro atoms. The van der Waals surface area contributed by atoms with E-state index >= 15 is 0 Å². The molecular weight excluding hydrogens is 232 g/mol. The molecule has 1 heterocycles. The number of hydrogen-bond donors (Lipinski definition) is 1. The molecule has 0 aromatic heterocycles. The summed E-state index contributed by atoms with van der Waals surface area (Å²) in [5.74, 6) is -0.361. The molecule has 0 amide bonds. The topological polar surface area (TPSA) is 55.8 Å². The molecule has 1 fully saturated rings. The van der Waals surface area contributed by atoms with E-state index in [1.54, 1.807) is 24.3 Å². The second-order valence-electron chi connectivity index (χ2n) is 4.89. The number of carbonyl (C=O) groups is 1. The van der Waals surface area contributed by atoms with Gasteiger partial charge in [-0.25, -0.2) is 4.79 Å². The number of benzene rings is 1. The molecule has 0 aliphatic carbocycles. The van der Waals surface area contributed by atoms with Crippen LogP contribution >= 0.6 is 0 Å². The van der Waals surface area contributed by atoms with E-state index in [4.69, 9.17) is 9.47 Å². The third kappa shape index (κ3) is 3.31. The van der Waals surface area contributed by atoms with Gasteiger partial charge in [0.1, 0.15) is 12.2 Å². The Morgan fingerprint density at radius 2 is 2.22 bits per heavy atom. The number of hydrogen-bond acceptors (Lipinski definition) is 4. The van der Waals surface area contributed by atoms with Crippen molar-refractivity contribution in [2.45, 2.75) is 31.5 Å². The summed E-state index contributed by atoms with van der Waals surface area (Å²) in [6, 6.07) is 8.85. The Morgan fingerprint density at radius 3 is 2.89 bits per heavy atom. The first kappa shape index (κ1) is 13.1. The van der Waals surface area contributed by atoms with Gasteiger partial charge in [-0.3, -0.25) is 0 Å². The molecule has 4 nitrogen and oxygen atoms in total. The monoisotopic (exact) mass is 250 g/mol. The number of rotatable bonds is 3. The zero-order valence-electron chi connectivity index (χ0n) is 10.5. The number of aliphatic hydroxyl groups excluding tert-OH is 1. The van der Waals surface area contributed by atoms with Gasteiger partial charge in [0.15, 0.2) is 0 Å². The molecule has 4 heteroatoms. The van der Waals surface area contributed by atoms with Crippen LogP contribution in [0.4, 0.5) is 0 Å². The lowest BCUT2D eigenvalue weighted by atomic mass is 9.95. The van der Waals surface area contributed by atoms with E-state index in [-0.39, 0.29) is 18.7 Å². The van der Waals surface area contributed by atoms with E-state index in [0.717, 1.165) is 0 Å². The Morgan fingerprint density at radius 1 is 1.50 bits per heavy atom. The molecule has 1 aliphatic heterocycles. The van der Waals surface area contributed by atoms with Crippen LogP contribution in [0.25, 0.3) is 0 Å². The number of ether oxygens (including phenoxy) is 2. The van der Waals surface area contributed by atoms with Crippen LogP contribution in [0.15, 0.2) is 30.3 Å². The minimum absolute atomic E-state index is 0.164. The minimum Gasteiger partial charge on any atom is -0.459 e. The Kier molecular flexibility index (Phi) is 3.99. The predicted octanol–water partition coefficient (Wildman–Crippen LogP) is 1.77. The third-order valence-corrected chi connectivity index (χ3v) is 3.09. The van der Waals surface area contributed by atoms with E-state index in [0.29, 0.717) is 25.0 Å². The summed E-state index contributed by atoms with van der Waals surface area (Å²) in [6.07, 6.45) is 0.760. The van der Waals surface area contributed by atoms with Gasteiger partial charge in [-0.1, -0.05) is 18.2 Å². The van der Waals surface area contributed by atoms with Crippen molar-refractivity contribution in [1.82, 2.24) is 0 Å². The van der Waals surface area contributed by atoms with Crippen molar-refractivity contribution in [1.29, 1.82) is 0 Å². The maximum atomic E-state index is 11.8. The van der Waals surface area contributed by atoms with Crippen molar-refractivity contribution in [3.8, 4) is 0 Å². The average molecular weight is 250 g/mol. The standard InChI is InChI=1S/C14H18O4/c1-14(9-12(15)7-8-18-14)10-17-13(16)11-5-3-2-4-6-11/h2-6,12,15H,7-10H2,1H3/t12?,14-/m0/s1. The SMILES string of the molecule is C[C@@]1(COC(=O)c2ccccc2)CC(O)CCO1. The largest absolute Gasteiger partial charge is 0.459 e. The summed E-state index contributed by atoms with van der Waals surface area (Å²) in [4.78, 5) is 11.8. The highest BCUT2D eigenvalue weighted by Gasteiger charge is 2.34. The van der Waals surface area contributed by atoms with Crippen LogP contribution in [0.3, 0.4) is 0 Å². The van der Waals surface area contributed by atoms with E-state index < -0.39 is 5.60 Å². The summed E-state index contributed by atoms with van der Waals surface area (Å²) < 4.78 is 10.8.